The van der Waals surface area contributed by atoms with Crippen molar-refractivity contribution in [2.45, 2.75) is 31.6 Å². The van der Waals surface area contributed by atoms with Crippen LogP contribution in [0, 0.1) is 0 Å². The van der Waals surface area contributed by atoms with Crippen LogP contribution in [0.2, 0.25) is 0 Å². The molecule has 1 heterocycles. The quantitative estimate of drug-likeness (QED) is 0.683. The third-order valence-electron chi connectivity index (χ3n) is 3.31. The highest BCUT2D eigenvalue weighted by atomic mass is 79.9. The average Bonchev–Trinajstić information content (AvgIpc) is 2.55. The Morgan fingerprint density at radius 1 is 1.26 bits per heavy atom. The van der Waals surface area contributed by atoms with E-state index in [9.17, 15) is 4.79 Å². The lowest BCUT2D eigenvalue weighted by atomic mass is 10.1. The number of nitrogens with zero attached hydrogens (tertiary/aromatic N) is 1. The van der Waals surface area contributed by atoms with E-state index in [2.05, 4.69) is 38.4 Å². The van der Waals surface area contributed by atoms with Crippen LogP contribution in [0.15, 0.2) is 53.1 Å². The van der Waals surface area contributed by atoms with Crippen LogP contribution >= 0.6 is 27.7 Å². The number of nitrogens with one attached hydrogen (secondary N) is 1. The predicted molar refractivity (Wildman–Crippen MR) is 100 cm³/mol. The molecule has 122 valence electrons. The van der Waals surface area contributed by atoms with Crippen LogP contribution in [0.3, 0.4) is 0 Å². The largest absolute Gasteiger partial charge is 0.353 e. The van der Waals surface area contributed by atoms with E-state index in [1.54, 1.807) is 18.0 Å². The summed E-state index contributed by atoms with van der Waals surface area (Å²) in [6.45, 7) is 2.04. The summed E-state index contributed by atoms with van der Waals surface area (Å²) in [6.07, 6.45) is 3.19. The van der Waals surface area contributed by atoms with Gasteiger partial charge in [0.15, 0.2) is 0 Å². The maximum absolute atomic E-state index is 12.0. The highest BCUT2D eigenvalue weighted by Crippen LogP contribution is 2.13. The van der Waals surface area contributed by atoms with Gasteiger partial charge in [0.2, 0.25) is 5.91 Å². The normalized spacial score (nSPS) is 11.9. The van der Waals surface area contributed by atoms with Gasteiger partial charge < -0.3 is 5.32 Å². The fraction of sp³-hybridized carbons (Fsp3) is 0.333. The second-order valence-electron chi connectivity index (χ2n) is 5.42. The van der Waals surface area contributed by atoms with Gasteiger partial charge in [-0.05, 0) is 43.2 Å². The fourth-order valence-corrected chi connectivity index (χ4v) is 3.32. The first-order chi connectivity index (χ1) is 11.1. The first-order valence-corrected chi connectivity index (χ1v) is 9.59. The van der Waals surface area contributed by atoms with Crippen molar-refractivity contribution in [2.75, 3.05) is 5.75 Å². The Labute approximate surface area is 150 Å². The van der Waals surface area contributed by atoms with Crippen molar-refractivity contribution >= 4 is 33.6 Å². The van der Waals surface area contributed by atoms with E-state index in [1.165, 1.54) is 5.56 Å². The van der Waals surface area contributed by atoms with Crippen LogP contribution in [0.1, 0.15) is 24.6 Å². The molecule has 0 radical (unpaired) electrons. The van der Waals surface area contributed by atoms with Crippen LogP contribution in [-0.4, -0.2) is 22.7 Å². The maximum Gasteiger partial charge on any atom is 0.221 e. The molecule has 0 saturated carbocycles. The number of pyridine rings is 1. The molecule has 2 rings (SSSR count). The van der Waals surface area contributed by atoms with Crippen molar-refractivity contribution in [3.8, 4) is 0 Å². The number of aromatic nitrogens is 1. The van der Waals surface area contributed by atoms with E-state index in [0.29, 0.717) is 6.42 Å². The van der Waals surface area contributed by atoms with E-state index in [0.717, 1.165) is 28.1 Å². The lowest BCUT2D eigenvalue weighted by Crippen LogP contribution is -2.34. The summed E-state index contributed by atoms with van der Waals surface area (Å²) in [7, 11) is 0. The topological polar surface area (TPSA) is 42.0 Å². The number of thioether (sulfide) groups is 1. The molecule has 1 aromatic heterocycles. The number of rotatable bonds is 8. The van der Waals surface area contributed by atoms with E-state index < -0.39 is 0 Å². The maximum atomic E-state index is 12.0. The van der Waals surface area contributed by atoms with Crippen molar-refractivity contribution < 1.29 is 4.79 Å². The lowest BCUT2D eigenvalue weighted by molar-refractivity contribution is -0.121. The third kappa shape index (κ3) is 7.18. The Hall–Kier alpha value is -1.33. The van der Waals surface area contributed by atoms with Crippen molar-refractivity contribution in [1.29, 1.82) is 0 Å². The zero-order valence-corrected chi connectivity index (χ0v) is 15.6. The van der Waals surface area contributed by atoms with Gasteiger partial charge in [-0.25, -0.2) is 0 Å². The molecule has 0 spiro atoms. The SMILES string of the molecule is CC(Cc1ccc(Br)cc1)NC(=O)CCSCc1ccccn1. The molecule has 0 aliphatic rings. The molecular weight excluding hydrogens is 372 g/mol. The van der Waals surface area contributed by atoms with E-state index in [4.69, 9.17) is 0 Å². The van der Waals surface area contributed by atoms with Gasteiger partial charge in [-0.1, -0.05) is 34.1 Å². The van der Waals surface area contributed by atoms with Gasteiger partial charge >= 0.3 is 0 Å². The number of halogens is 1. The predicted octanol–water partition coefficient (Wildman–Crippen LogP) is 4.21. The highest BCUT2D eigenvalue weighted by Gasteiger charge is 2.08. The zero-order valence-electron chi connectivity index (χ0n) is 13.2. The molecular formula is C18H21BrN2OS. The van der Waals surface area contributed by atoms with Gasteiger partial charge in [0.25, 0.3) is 0 Å². The Kier molecular flexibility index (Phi) is 7.62. The Morgan fingerprint density at radius 3 is 2.74 bits per heavy atom. The van der Waals surface area contributed by atoms with Gasteiger partial charge in [-0.3, -0.25) is 9.78 Å². The molecule has 0 aliphatic heterocycles. The zero-order chi connectivity index (χ0) is 16.5. The smallest absolute Gasteiger partial charge is 0.221 e. The number of amides is 1. The number of carbonyl (C=O) groups is 1. The minimum atomic E-state index is 0.114. The molecule has 1 atom stereocenters. The Bertz CT molecular complexity index is 604. The number of hydrogen-bond acceptors (Lipinski definition) is 3. The van der Waals surface area contributed by atoms with Crippen molar-refractivity contribution in [2.24, 2.45) is 0 Å². The summed E-state index contributed by atoms with van der Waals surface area (Å²) in [5, 5.41) is 3.06. The van der Waals surface area contributed by atoms with Crippen molar-refractivity contribution in [3.05, 3.63) is 64.4 Å². The summed E-state index contributed by atoms with van der Waals surface area (Å²) in [4.78, 5) is 16.2. The van der Waals surface area contributed by atoms with Crippen molar-refractivity contribution in [3.63, 3.8) is 0 Å². The van der Waals surface area contributed by atoms with Crippen LogP contribution in [0.5, 0.6) is 0 Å². The molecule has 3 nitrogen and oxygen atoms in total. The molecule has 1 N–H and O–H groups in total. The van der Waals surface area contributed by atoms with Gasteiger partial charge in [0, 0.05) is 34.6 Å². The molecule has 0 bridgehead atoms. The Balaban J connectivity index is 1.63. The van der Waals surface area contributed by atoms with Gasteiger partial charge in [-0.15, -0.1) is 0 Å². The molecule has 0 saturated heterocycles. The molecule has 1 amide bonds. The summed E-state index contributed by atoms with van der Waals surface area (Å²) < 4.78 is 1.07. The number of carbonyl (C=O) groups excluding carboxylic acids is 1. The van der Waals surface area contributed by atoms with E-state index in [-0.39, 0.29) is 11.9 Å². The van der Waals surface area contributed by atoms with Crippen LogP contribution in [0.4, 0.5) is 0 Å². The average molecular weight is 393 g/mol. The van der Waals surface area contributed by atoms with Crippen LogP contribution in [-0.2, 0) is 17.0 Å². The molecule has 23 heavy (non-hydrogen) atoms. The minimum Gasteiger partial charge on any atom is -0.353 e. The molecule has 0 aliphatic carbocycles. The molecule has 5 heteroatoms. The fourth-order valence-electron chi connectivity index (χ4n) is 2.20. The second kappa shape index (κ2) is 9.73. The molecule has 1 unspecified atom stereocenters. The number of hydrogen-bond donors (Lipinski definition) is 1. The van der Waals surface area contributed by atoms with E-state index in [1.807, 2.05) is 37.3 Å². The molecule has 2 aromatic rings. The van der Waals surface area contributed by atoms with Crippen molar-refractivity contribution in [1.82, 2.24) is 10.3 Å². The van der Waals surface area contributed by atoms with E-state index >= 15 is 0 Å². The highest BCUT2D eigenvalue weighted by molar-refractivity contribution is 9.10. The third-order valence-corrected chi connectivity index (χ3v) is 4.83. The monoisotopic (exact) mass is 392 g/mol. The lowest BCUT2D eigenvalue weighted by Gasteiger charge is -2.14. The van der Waals surface area contributed by atoms with Crippen LogP contribution in [0.25, 0.3) is 0 Å². The first-order valence-electron chi connectivity index (χ1n) is 7.65. The second-order valence-corrected chi connectivity index (χ2v) is 7.44. The summed E-state index contributed by atoms with van der Waals surface area (Å²) in [6, 6.07) is 14.3. The van der Waals surface area contributed by atoms with Gasteiger partial charge in [0.1, 0.15) is 0 Å². The van der Waals surface area contributed by atoms with Gasteiger partial charge in [0.05, 0.1) is 5.69 Å². The Morgan fingerprint density at radius 2 is 2.04 bits per heavy atom. The number of benzene rings is 1. The molecule has 1 aromatic carbocycles. The first kappa shape index (κ1) is 18.0. The summed E-state index contributed by atoms with van der Waals surface area (Å²) >= 11 is 5.17. The summed E-state index contributed by atoms with van der Waals surface area (Å²) in [5.41, 5.74) is 2.28. The van der Waals surface area contributed by atoms with Gasteiger partial charge in [-0.2, -0.15) is 11.8 Å². The van der Waals surface area contributed by atoms with Crippen LogP contribution < -0.4 is 5.32 Å². The standard InChI is InChI=1S/C18H21BrN2OS/c1-14(12-15-5-7-16(19)8-6-15)21-18(22)9-11-23-13-17-4-2-3-10-20-17/h2-8,10,14H,9,11-13H2,1H3,(H,21,22). The summed E-state index contributed by atoms with van der Waals surface area (Å²) in [5.74, 6) is 1.78. The molecule has 0 fully saturated rings. The minimum absolute atomic E-state index is 0.114.